The van der Waals surface area contributed by atoms with Crippen LogP contribution in [0.3, 0.4) is 0 Å². The molecule has 3 N–H and O–H groups in total. The van der Waals surface area contributed by atoms with Crippen molar-refractivity contribution in [2.24, 2.45) is 0 Å². The number of aliphatic carboxylic acids is 1. The van der Waals surface area contributed by atoms with E-state index in [1.54, 1.807) is 31.2 Å². The third-order valence-electron chi connectivity index (χ3n) is 3.69. The number of halogens is 1. The molecule has 3 rings (SSSR count). The molecule has 1 aromatic carbocycles. The minimum atomic E-state index is -0.972. The van der Waals surface area contributed by atoms with Crippen LogP contribution in [0, 0.1) is 0 Å². The highest BCUT2D eigenvalue weighted by Gasteiger charge is 2.13. The lowest BCUT2D eigenvalue weighted by atomic mass is 10.1. The highest BCUT2D eigenvalue weighted by Crippen LogP contribution is 2.21. The van der Waals surface area contributed by atoms with Gasteiger partial charge < -0.3 is 15.4 Å². The first-order chi connectivity index (χ1) is 11.9. The summed E-state index contributed by atoms with van der Waals surface area (Å²) in [6.07, 6.45) is 1.28. The Morgan fingerprint density at radius 2 is 2.16 bits per heavy atom. The molecule has 0 unspecified atom stereocenters. The monoisotopic (exact) mass is 358 g/mol. The van der Waals surface area contributed by atoms with E-state index in [0.717, 1.165) is 5.39 Å². The van der Waals surface area contributed by atoms with Gasteiger partial charge in [0.05, 0.1) is 18.2 Å². The molecule has 2 heterocycles. The zero-order valence-electron chi connectivity index (χ0n) is 13.3. The molecule has 0 saturated carbocycles. The van der Waals surface area contributed by atoms with Crippen molar-refractivity contribution in [2.45, 2.75) is 19.4 Å². The topological polar surface area (TPSA) is 108 Å². The minimum Gasteiger partial charge on any atom is -0.481 e. The fourth-order valence-electron chi connectivity index (χ4n) is 2.51. The molecule has 0 aliphatic rings. The summed E-state index contributed by atoms with van der Waals surface area (Å²) in [4.78, 5) is 34.1. The Morgan fingerprint density at radius 3 is 2.92 bits per heavy atom. The second-order valence-electron chi connectivity index (χ2n) is 5.59. The van der Waals surface area contributed by atoms with Gasteiger partial charge in [-0.05, 0) is 37.3 Å². The average Bonchev–Trinajstić information content (AvgIpc) is 2.54. The van der Waals surface area contributed by atoms with Crippen LogP contribution < -0.4 is 10.9 Å². The van der Waals surface area contributed by atoms with Gasteiger partial charge in [-0.3, -0.25) is 9.59 Å². The van der Waals surface area contributed by atoms with E-state index in [9.17, 15) is 9.59 Å². The molecule has 8 heteroatoms. The first-order valence-corrected chi connectivity index (χ1v) is 7.93. The van der Waals surface area contributed by atoms with Crippen LogP contribution in [0.5, 0.6) is 0 Å². The minimum absolute atomic E-state index is 0.194. The van der Waals surface area contributed by atoms with Gasteiger partial charge in [-0.25, -0.2) is 9.97 Å². The zero-order valence-corrected chi connectivity index (χ0v) is 14.0. The summed E-state index contributed by atoms with van der Waals surface area (Å²) in [5.74, 6) is -0.711. The summed E-state index contributed by atoms with van der Waals surface area (Å²) in [7, 11) is 0. The van der Waals surface area contributed by atoms with E-state index in [0.29, 0.717) is 21.8 Å². The molecule has 1 atom stereocenters. The molecule has 0 fully saturated rings. The third kappa shape index (κ3) is 3.95. The van der Waals surface area contributed by atoms with Gasteiger partial charge in [0.15, 0.2) is 0 Å². The number of hydrogen-bond acceptors (Lipinski definition) is 5. The number of fused-ring (bicyclic) bond motifs is 1. The predicted octanol–water partition coefficient (Wildman–Crippen LogP) is 2.77. The maximum Gasteiger partial charge on any atom is 0.309 e. The van der Waals surface area contributed by atoms with Crippen LogP contribution in [-0.2, 0) is 11.2 Å². The van der Waals surface area contributed by atoms with E-state index in [2.05, 4.69) is 20.3 Å². The number of nitrogens with one attached hydrogen (secondary N) is 2. The summed E-state index contributed by atoms with van der Waals surface area (Å²) in [5.41, 5.74) is 1.36. The number of anilines is 1. The van der Waals surface area contributed by atoms with Crippen molar-refractivity contribution >= 4 is 34.4 Å². The van der Waals surface area contributed by atoms with E-state index in [1.165, 1.54) is 12.3 Å². The summed E-state index contributed by atoms with van der Waals surface area (Å²) >= 11 is 6.00. The number of pyridine rings is 1. The number of carboxylic acids is 1. The number of benzene rings is 1. The molecular weight excluding hydrogens is 344 g/mol. The van der Waals surface area contributed by atoms with E-state index in [4.69, 9.17) is 16.7 Å². The second kappa shape index (κ2) is 6.90. The van der Waals surface area contributed by atoms with Gasteiger partial charge >= 0.3 is 5.97 Å². The van der Waals surface area contributed by atoms with Crippen molar-refractivity contribution in [2.75, 3.05) is 5.32 Å². The molecule has 25 heavy (non-hydrogen) atoms. The van der Waals surface area contributed by atoms with Gasteiger partial charge in [-0.2, -0.15) is 0 Å². The van der Waals surface area contributed by atoms with Gasteiger partial charge in [0.1, 0.15) is 0 Å². The van der Waals surface area contributed by atoms with Crippen molar-refractivity contribution in [1.82, 2.24) is 15.0 Å². The van der Waals surface area contributed by atoms with Crippen LogP contribution in [0.1, 0.15) is 24.2 Å². The normalized spacial score (nSPS) is 12.1. The molecule has 0 saturated heterocycles. The van der Waals surface area contributed by atoms with Gasteiger partial charge in [-0.1, -0.05) is 11.6 Å². The summed E-state index contributed by atoms with van der Waals surface area (Å²) in [5, 5.41) is 13.3. The van der Waals surface area contributed by atoms with Crippen molar-refractivity contribution < 1.29 is 9.90 Å². The summed E-state index contributed by atoms with van der Waals surface area (Å²) < 4.78 is 0. The van der Waals surface area contributed by atoms with Gasteiger partial charge in [0, 0.05) is 27.7 Å². The Kier molecular flexibility index (Phi) is 4.67. The molecule has 0 aliphatic heterocycles. The fraction of sp³-hybridized carbons (Fsp3) is 0.176. The molecule has 0 radical (unpaired) electrons. The van der Waals surface area contributed by atoms with Gasteiger partial charge in [0.25, 0.3) is 5.56 Å². The van der Waals surface area contributed by atoms with Crippen molar-refractivity contribution in [3.63, 3.8) is 0 Å². The van der Waals surface area contributed by atoms with E-state index in [-0.39, 0.29) is 24.0 Å². The summed E-state index contributed by atoms with van der Waals surface area (Å²) in [6.45, 7) is 1.80. The molecule has 3 aromatic rings. The molecule has 0 amide bonds. The maximum atomic E-state index is 12.3. The van der Waals surface area contributed by atoms with Crippen molar-refractivity contribution in [1.29, 1.82) is 0 Å². The number of nitrogens with zero attached hydrogens (tertiary/aromatic N) is 2. The summed E-state index contributed by atoms with van der Waals surface area (Å²) in [6, 6.07) is 8.15. The maximum absolute atomic E-state index is 12.3. The zero-order chi connectivity index (χ0) is 18.0. The molecule has 7 nitrogen and oxygen atoms in total. The number of H-pyrrole nitrogens is 1. The third-order valence-corrected chi connectivity index (χ3v) is 3.93. The highest BCUT2D eigenvalue weighted by molar-refractivity contribution is 6.31. The lowest BCUT2D eigenvalue weighted by molar-refractivity contribution is -0.136. The number of carboxylic acid groups (broad SMARTS) is 1. The van der Waals surface area contributed by atoms with Crippen LogP contribution >= 0.6 is 11.6 Å². The number of aromatic nitrogens is 3. The largest absolute Gasteiger partial charge is 0.481 e. The number of rotatable bonds is 5. The quantitative estimate of drug-likeness (QED) is 0.647. The fourth-order valence-corrected chi connectivity index (χ4v) is 2.69. The Labute approximate surface area is 147 Å². The Bertz CT molecular complexity index is 1000. The Balaban J connectivity index is 1.89. The number of carbonyl (C=O) groups is 1. The molecule has 0 aliphatic carbocycles. The highest BCUT2D eigenvalue weighted by atomic mass is 35.5. The van der Waals surface area contributed by atoms with Gasteiger partial charge in [-0.15, -0.1) is 0 Å². The predicted molar refractivity (Wildman–Crippen MR) is 95.0 cm³/mol. The van der Waals surface area contributed by atoms with Gasteiger partial charge in [0.2, 0.25) is 5.95 Å². The molecular formula is C17H15ClN4O3. The Morgan fingerprint density at radius 1 is 1.36 bits per heavy atom. The molecule has 0 bridgehead atoms. The van der Waals surface area contributed by atoms with E-state index >= 15 is 0 Å². The van der Waals surface area contributed by atoms with Crippen LogP contribution in [0.2, 0.25) is 5.02 Å². The van der Waals surface area contributed by atoms with Crippen LogP contribution in [0.25, 0.3) is 10.9 Å². The van der Waals surface area contributed by atoms with Crippen LogP contribution in [0.4, 0.5) is 5.95 Å². The smallest absolute Gasteiger partial charge is 0.309 e. The molecule has 2 aromatic heterocycles. The molecule has 128 valence electrons. The second-order valence-corrected chi connectivity index (χ2v) is 6.03. The first-order valence-electron chi connectivity index (χ1n) is 7.55. The lowest BCUT2D eigenvalue weighted by Crippen LogP contribution is -2.20. The van der Waals surface area contributed by atoms with Crippen LogP contribution in [0.15, 0.2) is 41.3 Å². The average molecular weight is 359 g/mol. The Hall–Kier alpha value is -2.93. The lowest BCUT2D eigenvalue weighted by Gasteiger charge is -2.14. The van der Waals surface area contributed by atoms with Crippen LogP contribution in [-0.4, -0.2) is 26.0 Å². The molecule has 0 spiro atoms. The van der Waals surface area contributed by atoms with E-state index in [1.807, 2.05) is 0 Å². The SMILES string of the molecule is C[C@H](Nc1nccc(CC(=O)O)n1)c1cc2cc(Cl)ccc2[nH]c1=O. The van der Waals surface area contributed by atoms with Crippen molar-refractivity contribution in [3.8, 4) is 0 Å². The van der Waals surface area contributed by atoms with E-state index < -0.39 is 5.97 Å². The first kappa shape index (κ1) is 16.9. The van der Waals surface area contributed by atoms with Crippen molar-refractivity contribution in [3.05, 3.63) is 63.2 Å². The number of hydrogen-bond donors (Lipinski definition) is 3. The number of aromatic amines is 1. The standard InChI is InChI=1S/C17H15ClN4O3/c1-9(20-17-19-5-4-12(21-17)8-15(23)24)13-7-10-6-11(18)2-3-14(10)22-16(13)25/h2-7,9H,8H2,1H3,(H,22,25)(H,23,24)(H,19,20,21)/t9-/m0/s1.